The predicted molar refractivity (Wildman–Crippen MR) is 82.4 cm³/mol. The Morgan fingerprint density at radius 1 is 1.43 bits per heavy atom. The van der Waals surface area contributed by atoms with Crippen molar-refractivity contribution in [3.63, 3.8) is 0 Å². The molecule has 0 spiro atoms. The standard InChI is InChI=1S/C14H26N6O/c1-4-20-13(9-11(2)16-20)10-18-5-7-19(8-6-18)12(3)14(15)17-21/h9,12,21H,4-8,10H2,1-3H3,(H2,15,17). The first-order valence-corrected chi connectivity index (χ1v) is 7.52. The van der Waals surface area contributed by atoms with Crippen molar-refractivity contribution in [1.82, 2.24) is 19.6 Å². The van der Waals surface area contributed by atoms with E-state index in [1.165, 1.54) is 5.69 Å². The smallest absolute Gasteiger partial charge is 0.156 e. The minimum absolute atomic E-state index is 0.0134. The largest absolute Gasteiger partial charge is 0.409 e. The van der Waals surface area contributed by atoms with Gasteiger partial charge in [-0.3, -0.25) is 14.5 Å². The monoisotopic (exact) mass is 294 g/mol. The number of hydrogen-bond donors (Lipinski definition) is 2. The highest BCUT2D eigenvalue weighted by Gasteiger charge is 2.24. The first kappa shape index (κ1) is 15.8. The van der Waals surface area contributed by atoms with Crippen molar-refractivity contribution in [2.75, 3.05) is 26.2 Å². The van der Waals surface area contributed by atoms with E-state index >= 15 is 0 Å². The molecule has 3 N–H and O–H groups in total. The van der Waals surface area contributed by atoms with Crippen molar-refractivity contribution >= 4 is 5.84 Å². The normalized spacial score (nSPS) is 19.9. The van der Waals surface area contributed by atoms with Crippen LogP contribution in [0.5, 0.6) is 0 Å². The van der Waals surface area contributed by atoms with E-state index in [4.69, 9.17) is 10.9 Å². The fraction of sp³-hybridized carbons (Fsp3) is 0.714. The molecule has 0 bridgehead atoms. The van der Waals surface area contributed by atoms with Crippen LogP contribution in [-0.2, 0) is 13.1 Å². The summed E-state index contributed by atoms with van der Waals surface area (Å²) in [6.07, 6.45) is 0. The Balaban J connectivity index is 1.89. The van der Waals surface area contributed by atoms with Crippen LogP contribution in [0.3, 0.4) is 0 Å². The molecule has 1 unspecified atom stereocenters. The Kier molecular flexibility index (Phi) is 5.19. The van der Waals surface area contributed by atoms with Gasteiger partial charge in [0.25, 0.3) is 0 Å². The Morgan fingerprint density at radius 3 is 2.67 bits per heavy atom. The Bertz CT molecular complexity index is 490. The maximum absolute atomic E-state index is 8.76. The highest BCUT2D eigenvalue weighted by atomic mass is 16.4. The highest BCUT2D eigenvalue weighted by molar-refractivity contribution is 5.84. The molecule has 1 aliphatic heterocycles. The molecule has 7 nitrogen and oxygen atoms in total. The third-order valence-electron chi connectivity index (χ3n) is 4.17. The quantitative estimate of drug-likeness (QED) is 0.357. The summed E-state index contributed by atoms with van der Waals surface area (Å²) in [6, 6.07) is 2.15. The summed E-state index contributed by atoms with van der Waals surface area (Å²) in [6.45, 7) is 11.8. The van der Waals surface area contributed by atoms with Gasteiger partial charge in [-0.2, -0.15) is 5.10 Å². The molecule has 118 valence electrons. The third-order valence-corrected chi connectivity index (χ3v) is 4.17. The van der Waals surface area contributed by atoms with Crippen LogP contribution in [0.2, 0.25) is 0 Å². The summed E-state index contributed by atoms with van der Waals surface area (Å²) in [7, 11) is 0. The zero-order valence-corrected chi connectivity index (χ0v) is 13.2. The molecule has 1 aromatic rings. The van der Waals surface area contributed by atoms with Gasteiger partial charge in [-0.15, -0.1) is 0 Å². The highest BCUT2D eigenvalue weighted by Crippen LogP contribution is 2.12. The first-order chi connectivity index (χ1) is 10.0. The zero-order chi connectivity index (χ0) is 15.4. The number of oxime groups is 1. The lowest BCUT2D eigenvalue weighted by molar-refractivity contribution is 0.114. The average Bonchev–Trinajstić information content (AvgIpc) is 2.86. The summed E-state index contributed by atoms with van der Waals surface area (Å²) in [5.74, 6) is 0.281. The van der Waals surface area contributed by atoms with E-state index in [0.29, 0.717) is 0 Å². The molecule has 0 aromatic carbocycles. The van der Waals surface area contributed by atoms with Crippen molar-refractivity contribution in [3.8, 4) is 0 Å². The van der Waals surface area contributed by atoms with Gasteiger partial charge >= 0.3 is 0 Å². The topological polar surface area (TPSA) is 82.9 Å². The molecular formula is C14H26N6O. The number of hydrogen-bond acceptors (Lipinski definition) is 5. The predicted octanol–water partition coefficient (Wildman–Crippen LogP) is 0.464. The van der Waals surface area contributed by atoms with Gasteiger partial charge in [-0.25, -0.2) is 0 Å². The molecule has 0 amide bonds. The molecule has 1 aromatic heterocycles. The van der Waals surface area contributed by atoms with Crippen molar-refractivity contribution < 1.29 is 5.21 Å². The van der Waals surface area contributed by atoms with E-state index in [2.05, 4.69) is 37.7 Å². The number of nitrogens with two attached hydrogens (primary N) is 1. The molecule has 0 aliphatic carbocycles. The van der Waals surface area contributed by atoms with Crippen LogP contribution in [0, 0.1) is 6.92 Å². The van der Waals surface area contributed by atoms with Crippen LogP contribution < -0.4 is 5.73 Å². The maximum Gasteiger partial charge on any atom is 0.156 e. The number of nitrogens with zero attached hydrogens (tertiary/aromatic N) is 5. The lowest BCUT2D eigenvalue weighted by atomic mass is 10.2. The summed E-state index contributed by atoms with van der Waals surface area (Å²) < 4.78 is 2.07. The van der Waals surface area contributed by atoms with Gasteiger partial charge in [0.2, 0.25) is 0 Å². The second kappa shape index (κ2) is 6.91. The van der Waals surface area contributed by atoms with Gasteiger partial charge < -0.3 is 10.9 Å². The summed E-state index contributed by atoms with van der Waals surface area (Å²) in [4.78, 5) is 4.67. The maximum atomic E-state index is 8.76. The van der Waals surface area contributed by atoms with Crippen molar-refractivity contribution in [1.29, 1.82) is 0 Å². The number of rotatable bonds is 5. The van der Waals surface area contributed by atoms with Gasteiger partial charge in [0.15, 0.2) is 5.84 Å². The first-order valence-electron chi connectivity index (χ1n) is 7.52. The second-order valence-electron chi connectivity index (χ2n) is 5.61. The number of amidine groups is 1. The van der Waals surface area contributed by atoms with Crippen LogP contribution in [0.25, 0.3) is 0 Å². The molecule has 1 saturated heterocycles. The fourth-order valence-electron chi connectivity index (χ4n) is 2.81. The van der Waals surface area contributed by atoms with Crippen molar-refractivity contribution in [2.45, 2.75) is 39.9 Å². The van der Waals surface area contributed by atoms with Gasteiger partial charge in [-0.05, 0) is 26.8 Å². The minimum Gasteiger partial charge on any atom is -0.409 e. The van der Waals surface area contributed by atoms with E-state index in [9.17, 15) is 0 Å². The molecule has 0 radical (unpaired) electrons. The molecule has 1 atom stereocenters. The van der Waals surface area contributed by atoms with Crippen LogP contribution in [0.15, 0.2) is 11.2 Å². The van der Waals surface area contributed by atoms with Crippen LogP contribution in [-0.4, -0.2) is 62.8 Å². The van der Waals surface area contributed by atoms with E-state index in [-0.39, 0.29) is 11.9 Å². The Hall–Kier alpha value is -1.60. The number of piperazine rings is 1. The molecule has 7 heteroatoms. The number of aryl methyl sites for hydroxylation is 2. The molecule has 1 fully saturated rings. The lowest BCUT2D eigenvalue weighted by Crippen LogP contribution is -2.52. The van der Waals surface area contributed by atoms with E-state index < -0.39 is 0 Å². The molecule has 0 saturated carbocycles. The Labute approximate surface area is 126 Å². The molecule has 2 heterocycles. The van der Waals surface area contributed by atoms with E-state index in [0.717, 1.165) is 45.0 Å². The Morgan fingerprint density at radius 2 is 2.10 bits per heavy atom. The summed E-state index contributed by atoms with van der Waals surface area (Å²) >= 11 is 0. The van der Waals surface area contributed by atoms with Crippen LogP contribution in [0.1, 0.15) is 25.2 Å². The van der Waals surface area contributed by atoms with Gasteiger partial charge in [0, 0.05) is 39.3 Å². The summed E-state index contributed by atoms with van der Waals surface area (Å²) in [5, 5.41) is 16.4. The van der Waals surface area contributed by atoms with Crippen LogP contribution in [0.4, 0.5) is 0 Å². The third kappa shape index (κ3) is 3.74. The SMILES string of the molecule is CCn1nc(C)cc1CN1CCN(C(C)C(N)=NO)CC1. The van der Waals surface area contributed by atoms with Crippen molar-refractivity contribution in [3.05, 3.63) is 17.5 Å². The second-order valence-corrected chi connectivity index (χ2v) is 5.61. The van der Waals surface area contributed by atoms with Crippen LogP contribution >= 0.6 is 0 Å². The number of aromatic nitrogens is 2. The molecule has 2 rings (SSSR count). The molecule has 21 heavy (non-hydrogen) atoms. The van der Waals surface area contributed by atoms with Crippen molar-refractivity contribution in [2.24, 2.45) is 10.9 Å². The molecule has 1 aliphatic rings. The van der Waals surface area contributed by atoms with E-state index in [1.807, 2.05) is 13.8 Å². The average molecular weight is 294 g/mol. The van der Waals surface area contributed by atoms with Gasteiger partial charge in [0.1, 0.15) is 0 Å². The van der Waals surface area contributed by atoms with E-state index in [1.54, 1.807) is 0 Å². The fourth-order valence-corrected chi connectivity index (χ4v) is 2.81. The van der Waals surface area contributed by atoms with Gasteiger partial charge in [-0.1, -0.05) is 5.16 Å². The minimum atomic E-state index is -0.0134. The summed E-state index contributed by atoms with van der Waals surface area (Å²) in [5.41, 5.74) is 8.03. The molecular weight excluding hydrogens is 268 g/mol. The zero-order valence-electron chi connectivity index (χ0n) is 13.2. The van der Waals surface area contributed by atoms with Gasteiger partial charge in [0.05, 0.1) is 17.4 Å². The lowest BCUT2D eigenvalue weighted by Gasteiger charge is -2.37.